The number of rotatable bonds is 5. The highest BCUT2D eigenvalue weighted by Gasteiger charge is 2.10. The van der Waals surface area contributed by atoms with Gasteiger partial charge < -0.3 is 4.74 Å². The minimum absolute atomic E-state index is 0.667. The van der Waals surface area contributed by atoms with Crippen LogP contribution in [-0.2, 0) is 12.8 Å². The second-order valence-electron chi connectivity index (χ2n) is 6.13. The molecule has 3 aromatic heterocycles. The summed E-state index contributed by atoms with van der Waals surface area (Å²) in [7, 11) is 1.67. The molecule has 5 heteroatoms. The van der Waals surface area contributed by atoms with Crippen molar-refractivity contribution in [3.05, 3.63) is 77.9 Å². The van der Waals surface area contributed by atoms with E-state index in [0.29, 0.717) is 6.42 Å². The number of aromatic nitrogens is 4. The first-order chi connectivity index (χ1) is 12.8. The van der Waals surface area contributed by atoms with Gasteiger partial charge in [-0.25, -0.2) is 9.50 Å². The van der Waals surface area contributed by atoms with E-state index in [1.54, 1.807) is 7.11 Å². The predicted molar refractivity (Wildman–Crippen MR) is 101 cm³/mol. The summed E-state index contributed by atoms with van der Waals surface area (Å²) in [6.07, 6.45) is 3.52. The Labute approximate surface area is 152 Å². The van der Waals surface area contributed by atoms with Gasteiger partial charge in [0, 0.05) is 23.9 Å². The number of benzene rings is 1. The topological polar surface area (TPSA) is 52.3 Å². The Morgan fingerprint density at radius 1 is 1.00 bits per heavy atom. The lowest BCUT2D eigenvalue weighted by molar-refractivity contribution is 0.415. The van der Waals surface area contributed by atoms with Gasteiger partial charge in [0.1, 0.15) is 5.75 Å². The normalized spacial score (nSPS) is 11.0. The number of hydrogen-bond donors (Lipinski definition) is 0. The second-order valence-corrected chi connectivity index (χ2v) is 6.13. The fourth-order valence-electron chi connectivity index (χ4n) is 2.96. The zero-order chi connectivity index (χ0) is 17.9. The molecule has 0 aliphatic heterocycles. The Morgan fingerprint density at radius 3 is 2.54 bits per heavy atom. The number of aryl methyl sites for hydroxylation is 1. The molecule has 0 radical (unpaired) electrons. The van der Waals surface area contributed by atoms with Crippen molar-refractivity contribution in [2.45, 2.75) is 19.8 Å². The van der Waals surface area contributed by atoms with Crippen LogP contribution < -0.4 is 4.74 Å². The molecule has 0 aliphatic carbocycles. The molecule has 0 amide bonds. The zero-order valence-corrected chi connectivity index (χ0v) is 14.9. The third kappa shape index (κ3) is 3.16. The number of nitrogens with zero attached hydrogens (tertiary/aromatic N) is 4. The van der Waals surface area contributed by atoms with Crippen LogP contribution >= 0.6 is 0 Å². The summed E-state index contributed by atoms with van der Waals surface area (Å²) in [4.78, 5) is 9.12. The van der Waals surface area contributed by atoms with Crippen molar-refractivity contribution in [1.29, 1.82) is 0 Å². The fourth-order valence-corrected chi connectivity index (χ4v) is 2.96. The van der Waals surface area contributed by atoms with Crippen molar-refractivity contribution < 1.29 is 4.74 Å². The molecule has 130 valence electrons. The summed E-state index contributed by atoms with van der Waals surface area (Å²) < 4.78 is 7.13. The highest BCUT2D eigenvalue weighted by molar-refractivity contribution is 5.63. The van der Waals surface area contributed by atoms with Gasteiger partial charge in [0.05, 0.1) is 12.8 Å². The molecule has 1 aromatic carbocycles. The lowest BCUT2D eigenvalue weighted by Crippen LogP contribution is -1.96. The van der Waals surface area contributed by atoms with Gasteiger partial charge in [-0.15, -0.1) is 0 Å². The SMILES string of the molecule is CCc1ccc(Cc2nc3cccc(-c4ccc(OC)cc4)n3n2)cn1. The molecule has 0 spiro atoms. The van der Waals surface area contributed by atoms with Crippen molar-refractivity contribution in [1.82, 2.24) is 19.6 Å². The van der Waals surface area contributed by atoms with Crippen LogP contribution in [0.15, 0.2) is 60.8 Å². The van der Waals surface area contributed by atoms with Gasteiger partial charge in [0.2, 0.25) is 0 Å². The van der Waals surface area contributed by atoms with E-state index in [9.17, 15) is 0 Å². The Bertz CT molecular complexity index is 1020. The molecule has 26 heavy (non-hydrogen) atoms. The van der Waals surface area contributed by atoms with E-state index < -0.39 is 0 Å². The number of methoxy groups -OCH3 is 1. The van der Waals surface area contributed by atoms with Gasteiger partial charge in [-0.1, -0.05) is 19.1 Å². The van der Waals surface area contributed by atoms with Crippen LogP contribution in [0.25, 0.3) is 16.9 Å². The van der Waals surface area contributed by atoms with Crippen molar-refractivity contribution in [3.63, 3.8) is 0 Å². The van der Waals surface area contributed by atoms with Crippen LogP contribution in [0.2, 0.25) is 0 Å². The second kappa shape index (κ2) is 6.96. The fraction of sp³-hybridized carbons (Fsp3) is 0.190. The summed E-state index contributed by atoms with van der Waals surface area (Å²) in [5.74, 6) is 1.63. The van der Waals surface area contributed by atoms with E-state index in [0.717, 1.165) is 46.2 Å². The van der Waals surface area contributed by atoms with E-state index in [-0.39, 0.29) is 0 Å². The predicted octanol–water partition coefficient (Wildman–Crippen LogP) is 3.95. The highest BCUT2D eigenvalue weighted by atomic mass is 16.5. The molecule has 0 bridgehead atoms. The molecule has 4 rings (SSSR count). The molecule has 4 aromatic rings. The lowest BCUT2D eigenvalue weighted by atomic mass is 10.1. The minimum Gasteiger partial charge on any atom is -0.497 e. The Hall–Kier alpha value is -3.21. The van der Waals surface area contributed by atoms with Crippen LogP contribution in [-0.4, -0.2) is 26.7 Å². The average Bonchev–Trinajstić information content (AvgIpc) is 3.11. The van der Waals surface area contributed by atoms with E-state index in [4.69, 9.17) is 9.84 Å². The van der Waals surface area contributed by atoms with E-state index in [2.05, 4.69) is 29.0 Å². The highest BCUT2D eigenvalue weighted by Crippen LogP contribution is 2.23. The largest absolute Gasteiger partial charge is 0.497 e. The zero-order valence-electron chi connectivity index (χ0n) is 14.9. The molecular weight excluding hydrogens is 324 g/mol. The van der Waals surface area contributed by atoms with Crippen LogP contribution in [0.3, 0.4) is 0 Å². The summed E-state index contributed by atoms with van der Waals surface area (Å²) >= 11 is 0. The van der Waals surface area contributed by atoms with E-state index >= 15 is 0 Å². The number of ether oxygens (including phenoxy) is 1. The molecule has 5 nitrogen and oxygen atoms in total. The summed E-state index contributed by atoms with van der Waals surface area (Å²) in [6, 6.07) is 18.2. The Morgan fingerprint density at radius 2 is 1.85 bits per heavy atom. The van der Waals surface area contributed by atoms with Crippen molar-refractivity contribution in [3.8, 4) is 17.0 Å². The van der Waals surface area contributed by atoms with Gasteiger partial charge in [0.25, 0.3) is 0 Å². The molecule has 0 atom stereocenters. The summed E-state index contributed by atoms with van der Waals surface area (Å²) in [6.45, 7) is 2.10. The number of hydrogen-bond acceptors (Lipinski definition) is 4. The van der Waals surface area contributed by atoms with Gasteiger partial charge in [0.15, 0.2) is 11.5 Å². The maximum absolute atomic E-state index is 5.24. The molecule has 0 aliphatic rings. The molecule has 0 unspecified atom stereocenters. The van der Waals surface area contributed by atoms with Gasteiger partial charge in [-0.3, -0.25) is 4.98 Å². The van der Waals surface area contributed by atoms with Crippen molar-refractivity contribution in [2.75, 3.05) is 7.11 Å². The van der Waals surface area contributed by atoms with E-state index in [1.807, 2.05) is 53.2 Å². The Balaban J connectivity index is 1.68. The smallest absolute Gasteiger partial charge is 0.156 e. The van der Waals surface area contributed by atoms with Gasteiger partial charge in [-0.2, -0.15) is 5.10 Å². The van der Waals surface area contributed by atoms with Crippen LogP contribution in [0.4, 0.5) is 0 Å². The first kappa shape index (κ1) is 16.3. The molecule has 0 saturated heterocycles. The average molecular weight is 344 g/mol. The summed E-state index contributed by atoms with van der Waals surface area (Å²) in [5.41, 5.74) is 5.12. The maximum Gasteiger partial charge on any atom is 0.156 e. The standard InChI is InChI=1S/C21H20N4O/c1-3-17-10-7-15(14-22-17)13-20-23-21-6-4-5-19(25(21)24-20)16-8-11-18(26-2)12-9-16/h4-12,14H,3,13H2,1-2H3. The molecule has 3 heterocycles. The Kier molecular flexibility index (Phi) is 4.35. The quantitative estimate of drug-likeness (QED) is 0.550. The monoisotopic (exact) mass is 344 g/mol. The van der Waals surface area contributed by atoms with E-state index in [1.165, 1.54) is 0 Å². The maximum atomic E-state index is 5.24. The third-order valence-electron chi connectivity index (χ3n) is 4.40. The molecule has 0 saturated carbocycles. The van der Waals surface area contributed by atoms with Crippen molar-refractivity contribution in [2.24, 2.45) is 0 Å². The first-order valence-electron chi connectivity index (χ1n) is 8.69. The van der Waals surface area contributed by atoms with Crippen LogP contribution in [0, 0.1) is 0 Å². The molecular formula is C21H20N4O. The number of fused-ring (bicyclic) bond motifs is 1. The minimum atomic E-state index is 0.667. The number of pyridine rings is 2. The molecule has 0 fully saturated rings. The molecule has 0 N–H and O–H groups in total. The van der Waals surface area contributed by atoms with Crippen molar-refractivity contribution >= 4 is 5.65 Å². The van der Waals surface area contributed by atoms with Gasteiger partial charge in [-0.05, 0) is 54.4 Å². The van der Waals surface area contributed by atoms with Crippen LogP contribution in [0.1, 0.15) is 24.0 Å². The lowest BCUT2D eigenvalue weighted by Gasteiger charge is -2.05. The first-order valence-corrected chi connectivity index (χ1v) is 8.69. The van der Waals surface area contributed by atoms with Crippen LogP contribution in [0.5, 0.6) is 5.75 Å². The third-order valence-corrected chi connectivity index (χ3v) is 4.40. The van der Waals surface area contributed by atoms with Gasteiger partial charge >= 0.3 is 0 Å². The summed E-state index contributed by atoms with van der Waals surface area (Å²) in [5, 5.41) is 4.72.